The maximum absolute atomic E-state index is 5.06. The number of rotatable bonds is 6. The topological polar surface area (TPSA) is 43.6 Å². The van der Waals surface area contributed by atoms with Gasteiger partial charge in [0, 0.05) is 38.4 Å². The van der Waals surface area contributed by atoms with E-state index in [1.54, 1.807) is 11.3 Å². The van der Waals surface area contributed by atoms with Crippen molar-refractivity contribution in [3.05, 3.63) is 194 Å². The minimum atomic E-state index is 0.713. The molecule has 3 aromatic heterocycles. The van der Waals surface area contributed by atoms with Crippen LogP contribution in [0.1, 0.15) is 0 Å². The van der Waals surface area contributed by atoms with E-state index in [2.05, 4.69) is 162 Å². The molecule has 0 fully saturated rings. The third kappa shape index (κ3) is 5.48. The van der Waals surface area contributed by atoms with Gasteiger partial charge in [-0.05, 0) is 52.9 Å². The van der Waals surface area contributed by atoms with Crippen LogP contribution in [0.25, 0.3) is 104 Å². The highest BCUT2D eigenvalue weighted by atomic mass is 32.1. The van der Waals surface area contributed by atoms with Crippen LogP contribution in [0.2, 0.25) is 0 Å². The summed E-state index contributed by atoms with van der Waals surface area (Å²) in [5.74, 6) is 0.713. The van der Waals surface area contributed by atoms with Crippen molar-refractivity contribution in [3.63, 3.8) is 0 Å². The number of para-hydroxylation sites is 2. The summed E-state index contributed by atoms with van der Waals surface area (Å²) >= 11 is 1.74. The van der Waals surface area contributed by atoms with Gasteiger partial charge in [-0.1, -0.05) is 158 Å². The van der Waals surface area contributed by atoms with Gasteiger partial charge >= 0.3 is 0 Å². The molecule has 0 amide bonds. The van der Waals surface area contributed by atoms with Crippen LogP contribution in [-0.2, 0) is 0 Å². The summed E-state index contributed by atoms with van der Waals surface area (Å²) in [6, 6.07) is 68.6. The maximum atomic E-state index is 5.06. The zero-order valence-corrected chi connectivity index (χ0v) is 31.0. The molecule has 0 spiro atoms. The first-order chi connectivity index (χ1) is 27.7. The Morgan fingerprint density at radius 1 is 0.375 bits per heavy atom. The molecule has 11 aromatic rings. The second-order valence-corrected chi connectivity index (χ2v) is 15.1. The molecule has 0 saturated heterocycles. The molecule has 4 nitrogen and oxygen atoms in total. The number of fused-ring (bicyclic) bond motifs is 5. The lowest BCUT2D eigenvalue weighted by Gasteiger charge is -2.15. The van der Waals surface area contributed by atoms with Gasteiger partial charge in [-0.3, -0.25) is 0 Å². The highest BCUT2D eigenvalue weighted by molar-refractivity contribution is 7.21. The van der Waals surface area contributed by atoms with E-state index in [0.717, 1.165) is 55.4 Å². The predicted octanol–water partition coefficient (Wildman–Crippen LogP) is 13.7. The van der Waals surface area contributed by atoms with Crippen LogP contribution in [0.4, 0.5) is 0 Å². The number of thiazole rings is 1. The summed E-state index contributed by atoms with van der Waals surface area (Å²) in [6.45, 7) is 0. The van der Waals surface area contributed by atoms with E-state index in [9.17, 15) is 0 Å². The Morgan fingerprint density at radius 3 is 1.73 bits per heavy atom. The molecule has 0 aliphatic carbocycles. The molecule has 0 aliphatic heterocycles. The predicted molar refractivity (Wildman–Crippen MR) is 234 cm³/mol. The van der Waals surface area contributed by atoms with Gasteiger partial charge in [0.2, 0.25) is 0 Å². The number of hydrogen-bond donors (Lipinski definition) is 0. The Hall–Kier alpha value is -7.21. The minimum Gasteiger partial charge on any atom is -0.309 e. The fourth-order valence-electron chi connectivity index (χ4n) is 7.98. The van der Waals surface area contributed by atoms with E-state index in [1.165, 1.54) is 42.8 Å². The molecule has 0 saturated carbocycles. The van der Waals surface area contributed by atoms with Gasteiger partial charge in [-0.2, -0.15) is 0 Å². The Bertz CT molecular complexity index is 3150. The lowest BCUT2D eigenvalue weighted by atomic mass is 9.95. The summed E-state index contributed by atoms with van der Waals surface area (Å²) in [5.41, 5.74) is 12.9. The van der Waals surface area contributed by atoms with Gasteiger partial charge in [0.25, 0.3) is 0 Å². The first-order valence-corrected chi connectivity index (χ1v) is 19.6. The Labute approximate surface area is 327 Å². The summed E-state index contributed by atoms with van der Waals surface area (Å²) in [6.07, 6.45) is 0. The third-order valence-corrected chi connectivity index (χ3v) is 11.8. The van der Waals surface area contributed by atoms with Gasteiger partial charge in [0.05, 0.1) is 38.3 Å². The van der Waals surface area contributed by atoms with E-state index in [1.807, 2.05) is 36.4 Å². The average molecular weight is 733 g/mol. The third-order valence-electron chi connectivity index (χ3n) is 10.7. The van der Waals surface area contributed by atoms with E-state index in [-0.39, 0.29) is 0 Å². The molecule has 5 heteroatoms. The molecule has 56 heavy (non-hydrogen) atoms. The standard InChI is InChI=1S/C51H32N4S/c1-3-13-34(14-4-1)44-32-45(53-50(52-44)36-15-5-2-6-16-36)35-25-23-33(24-26-35)38-29-30-47(40-18-8-7-17-39(38)40)55-46-21-11-9-19-41(46)42-28-27-37(31-48(42)55)51-54-43-20-10-12-22-49(43)56-51/h1-32H. The molecule has 11 rings (SSSR count). The van der Waals surface area contributed by atoms with Gasteiger partial charge in [-0.15, -0.1) is 11.3 Å². The second kappa shape index (κ2) is 13.3. The van der Waals surface area contributed by atoms with Crippen molar-refractivity contribution < 1.29 is 0 Å². The number of hydrogen-bond acceptors (Lipinski definition) is 4. The molecular weight excluding hydrogens is 701 g/mol. The second-order valence-electron chi connectivity index (χ2n) is 14.0. The molecule has 8 aromatic carbocycles. The molecule has 3 heterocycles. The molecule has 0 radical (unpaired) electrons. The first kappa shape index (κ1) is 32.2. The fraction of sp³-hybridized carbons (Fsp3) is 0. The van der Waals surface area contributed by atoms with Gasteiger partial charge in [-0.25, -0.2) is 15.0 Å². The molecule has 0 N–H and O–H groups in total. The van der Waals surface area contributed by atoms with Crippen molar-refractivity contribution in [2.45, 2.75) is 0 Å². The van der Waals surface area contributed by atoms with Crippen molar-refractivity contribution >= 4 is 54.1 Å². The molecule has 0 unspecified atom stereocenters. The van der Waals surface area contributed by atoms with E-state index >= 15 is 0 Å². The monoisotopic (exact) mass is 732 g/mol. The summed E-state index contributed by atoms with van der Waals surface area (Å²) in [4.78, 5) is 15.0. The van der Waals surface area contributed by atoms with Gasteiger partial charge in [0.1, 0.15) is 5.01 Å². The summed E-state index contributed by atoms with van der Waals surface area (Å²) in [5, 5.41) is 5.88. The molecule has 0 atom stereocenters. The average Bonchev–Trinajstić information content (AvgIpc) is 3.86. The van der Waals surface area contributed by atoms with Crippen LogP contribution in [0.5, 0.6) is 0 Å². The Balaban J connectivity index is 1.03. The van der Waals surface area contributed by atoms with Crippen molar-refractivity contribution in [2.24, 2.45) is 0 Å². The van der Waals surface area contributed by atoms with Crippen LogP contribution in [0, 0.1) is 0 Å². The largest absolute Gasteiger partial charge is 0.309 e. The van der Waals surface area contributed by atoms with Gasteiger partial charge < -0.3 is 4.57 Å². The SMILES string of the molecule is c1ccc(-c2cc(-c3ccc(-c4ccc(-n5c6ccccc6c6ccc(-c7nc8ccccc8s7)cc65)c5ccccc45)cc3)nc(-c3ccccc3)n2)cc1. The van der Waals surface area contributed by atoms with E-state index < -0.39 is 0 Å². The number of benzene rings is 8. The van der Waals surface area contributed by atoms with Gasteiger partial charge in [0.15, 0.2) is 5.82 Å². The molecule has 262 valence electrons. The van der Waals surface area contributed by atoms with Crippen LogP contribution < -0.4 is 0 Å². The fourth-order valence-corrected chi connectivity index (χ4v) is 8.94. The van der Waals surface area contributed by atoms with Crippen LogP contribution >= 0.6 is 11.3 Å². The quantitative estimate of drug-likeness (QED) is 0.171. The number of aromatic nitrogens is 4. The lowest BCUT2D eigenvalue weighted by molar-refractivity contribution is 1.18. The molecule has 0 aliphatic rings. The Kier molecular flexibility index (Phi) is 7.64. The normalized spacial score (nSPS) is 11.6. The highest BCUT2D eigenvalue weighted by Gasteiger charge is 2.18. The highest BCUT2D eigenvalue weighted by Crippen LogP contribution is 2.40. The summed E-state index contributed by atoms with van der Waals surface area (Å²) < 4.78 is 3.63. The zero-order valence-electron chi connectivity index (χ0n) is 30.2. The van der Waals surface area contributed by atoms with Crippen LogP contribution in [0.15, 0.2) is 194 Å². The Morgan fingerprint density at radius 2 is 0.964 bits per heavy atom. The first-order valence-electron chi connectivity index (χ1n) is 18.8. The van der Waals surface area contributed by atoms with Crippen molar-refractivity contribution in [1.29, 1.82) is 0 Å². The minimum absolute atomic E-state index is 0.713. The van der Waals surface area contributed by atoms with Crippen LogP contribution in [0.3, 0.4) is 0 Å². The van der Waals surface area contributed by atoms with E-state index in [4.69, 9.17) is 15.0 Å². The van der Waals surface area contributed by atoms with Crippen molar-refractivity contribution in [3.8, 4) is 61.3 Å². The van der Waals surface area contributed by atoms with Crippen molar-refractivity contribution in [2.75, 3.05) is 0 Å². The maximum Gasteiger partial charge on any atom is 0.160 e. The number of nitrogens with zero attached hydrogens (tertiary/aromatic N) is 4. The smallest absolute Gasteiger partial charge is 0.160 e. The zero-order chi connectivity index (χ0) is 37.0. The van der Waals surface area contributed by atoms with E-state index in [0.29, 0.717) is 5.82 Å². The molecular formula is C51H32N4S. The van der Waals surface area contributed by atoms with Crippen LogP contribution in [-0.4, -0.2) is 19.5 Å². The lowest BCUT2D eigenvalue weighted by Crippen LogP contribution is -1.97. The molecule has 0 bridgehead atoms. The summed E-state index contributed by atoms with van der Waals surface area (Å²) in [7, 11) is 0. The van der Waals surface area contributed by atoms with Crippen molar-refractivity contribution in [1.82, 2.24) is 19.5 Å².